The molecule has 0 aliphatic carbocycles. The van der Waals surface area contributed by atoms with Crippen LogP contribution in [0.15, 0.2) is 54.6 Å². The zero-order chi connectivity index (χ0) is 18.7. The Morgan fingerprint density at radius 2 is 1.96 bits per heavy atom. The van der Waals surface area contributed by atoms with Crippen molar-refractivity contribution in [1.29, 1.82) is 0 Å². The minimum atomic E-state index is -0.519. The molecule has 4 unspecified atom stereocenters. The van der Waals surface area contributed by atoms with Gasteiger partial charge < -0.3 is 15.2 Å². The molecule has 0 saturated carbocycles. The summed E-state index contributed by atoms with van der Waals surface area (Å²) < 4.78 is 26.7. The van der Waals surface area contributed by atoms with Crippen LogP contribution in [-0.4, -0.2) is 30.6 Å². The number of fused-ring (bicyclic) bond motifs is 1. The molecule has 4 rings (SSSR count). The maximum absolute atomic E-state index is 14.7. The Kier molecular flexibility index (Phi) is 5.80. The summed E-state index contributed by atoms with van der Waals surface area (Å²) in [6.45, 7) is 1.57. The van der Waals surface area contributed by atoms with Crippen LogP contribution in [0.4, 0.5) is 4.39 Å². The van der Waals surface area contributed by atoms with Crippen molar-refractivity contribution in [2.75, 3.05) is 19.0 Å². The average Bonchev–Trinajstić information content (AvgIpc) is 2.69. The summed E-state index contributed by atoms with van der Waals surface area (Å²) in [5.74, 6) is 0.700. The van der Waals surface area contributed by atoms with E-state index in [1.807, 2.05) is 42.5 Å². The highest BCUT2D eigenvalue weighted by molar-refractivity contribution is 7.99. The second-order valence-electron chi connectivity index (χ2n) is 7.12. The second-order valence-corrected chi connectivity index (χ2v) is 8.29. The molecule has 0 amide bonds. The molecule has 0 radical (unpaired) electrons. The predicted molar refractivity (Wildman–Crippen MR) is 106 cm³/mol. The number of benzene rings is 2. The Balaban J connectivity index is 1.53. The first-order valence-electron chi connectivity index (χ1n) is 9.32. The molecule has 27 heavy (non-hydrogen) atoms. The van der Waals surface area contributed by atoms with Crippen LogP contribution in [0.5, 0.6) is 0 Å². The van der Waals surface area contributed by atoms with E-state index in [0.29, 0.717) is 31.8 Å². The van der Waals surface area contributed by atoms with E-state index < -0.39 is 5.54 Å². The van der Waals surface area contributed by atoms with Crippen LogP contribution in [0, 0.1) is 11.7 Å². The number of nitrogens with one attached hydrogen (secondary N) is 1. The van der Waals surface area contributed by atoms with Gasteiger partial charge in [0.1, 0.15) is 11.3 Å². The maximum atomic E-state index is 14.7. The van der Waals surface area contributed by atoms with Gasteiger partial charge in [0.2, 0.25) is 0 Å². The van der Waals surface area contributed by atoms with Gasteiger partial charge in [0, 0.05) is 23.8 Å². The lowest BCUT2D eigenvalue weighted by atomic mass is 9.72. The van der Waals surface area contributed by atoms with Gasteiger partial charge in [-0.15, -0.1) is 11.8 Å². The fourth-order valence-electron chi connectivity index (χ4n) is 4.19. The van der Waals surface area contributed by atoms with E-state index >= 15 is 0 Å². The zero-order valence-corrected chi connectivity index (χ0v) is 16.0. The number of rotatable bonds is 5. The van der Waals surface area contributed by atoms with Gasteiger partial charge in [0.25, 0.3) is 0 Å². The minimum absolute atomic E-state index is 0.0868. The first-order valence-corrected chi connectivity index (χ1v) is 10.4. The molecule has 2 aromatic carbocycles. The number of thioether (sulfide) groups is 1. The lowest BCUT2D eigenvalue weighted by Crippen LogP contribution is -2.65. The molecule has 6 heteroatoms. The molecule has 4 nitrogen and oxygen atoms in total. The summed E-state index contributed by atoms with van der Waals surface area (Å²) >= 11 is 1.65. The van der Waals surface area contributed by atoms with Gasteiger partial charge in [0.05, 0.1) is 24.9 Å². The molecule has 0 aromatic heterocycles. The quantitative estimate of drug-likeness (QED) is 0.824. The highest BCUT2D eigenvalue weighted by Crippen LogP contribution is 2.46. The van der Waals surface area contributed by atoms with Crippen molar-refractivity contribution in [3.63, 3.8) is 0 Å². The molecule has 2 heterocycles. The third kappa shape index (κ3) is 3.91. The zero-order valence-electron chi connectivity index (χ0n) is 15.1. The van der Waals surface area contributed by atoms with Crippen molar-refractivity contribution in [1.82, 2.24) is 5.32 Å². The molecule has 2 aliphatic heterocycles. The van der Waals surface area contributed by atoms with Crippen molar-refractivity contribution in [3.05, 3.63) is 71.5 Å². The molecule has 4 atom stereocenters. The summed E-state index contributed by atoms with van der Waals surface area (Å²) in [7, 11) is 0. The van der Waals surface area contributed by atoms with Crippen LogP contribution >= 0.6 is 11.8 Å². The topological polar surface area (TPSA) is 56.5 Å². The monoisotopic (exact) mass is 388 g/mol. The van der Waals surface area contributed by atoms with Gasteiger partial charge in [-0.1, -0.05) is 48.5 Å². The second kappa shape index (κ2) is 8.29. The smallest absolute Gasteiger partial charge is 0.128 e. The SMILES string of the molecule is NC1NC2(c3ccccc3F)CCOC(COCc3ccccc3)C2CS1. The highest BCUT2D eigenvalue weighted by atomic mass is 32.2. The number of halogens is 1. The molecule has 3 N–H and O–H groups in total. The first-order chi connectivity index (χ1) is 13.2. The first kappa shape index (κ1) is 18.9. The third-order valence-electron chi connectivity index (χ3n) is 5.51. The van der Waals surface area contributed by atoms with Crippen molar-refractivity contribution in [2.24, 2.45) is 11.7 Å². The van der Waals surface area contributed by atoms with Gasteiger partial charge in [-0.25, -0.2) is 4.39 Å². The van der Waals surface area contributed by atoms with Crippen molar-refractivity contribution >= 4 is 11.8 Å². The van der Waals surface area contributed by atoms with Crippen molar-refractivity contribution in [3.8, 4) is 0 Å². The van der Waals surface area contributed by atoms with Crippen LogP contribution in [0.1, 0.15) is 17.5 Å². The fourth-order valence-corrected chi connectivity index (χ4v) is 5.40. The maximum Gasteiger partial charge on any atom is 0.128 e. The van der Waals surface area contributed by atoms with Crippen LogP contribution in [0.2, 0.25) is 0 Å². The van der Waals surface area contributed by atoms with E-state index in [1.54, 1.807) is 17.8 Å². The fraction of sp³-hybridized carbons (Fsp3) is 0.429. The van der Waals surface area contributed by atoms with Crippen LogP contribution in [-0.2, 0) is 21.6 Å². The van der Waals surface area contributed by atoms with E-state index in [9.17, 15) is 4.39 Å². The van der Waals surface area contributed by atoms with Gasteiger partial charge in [-0.05, 0) is 18.1 Å². The minimum Gasteiger partial charge on any atom is -0.375 e. The highest BCUT2D eigenvalue weighted by Gasteiger charge is 2.51. The normalized spacial score (nSPS) is 30.7. The Labute approximate surface area is 163 Å². The lowest BCUT2D eigenvalue weighted by Gasteiger charge is -2.52. The molecule has 2 aromatic rings. The number of hydrogen-bond donors (Lipinski definition) is 2. The Morgan fingerprint density at radius 1 is 1.19 bits per heavy atom. The van der Waals surface area contributed by atoms with Gasteiger partial charge >= 0.3 is 0 Å². The molecule has 2 aliphatic rings. The summed E-state index contributed by atoms with van der Waals surface area (Å²) in [5, 5.41) is 3.49. The van der Waals surface area contributed by atoms with E-state index in [-0.39, 0.29) is 23.3 Å². The molecule has 2 saturated heterocycles. The third-order valence-corrected chi connectivity index (χ3v) is 6.54. The largest absolute Gasteiger partial charge is 0.375 e. The molecule has 2 fully saturated rings. The average molecular weight is 389 g/mol. The Morgan fingerprint density at radius 3 is 2.78 bits per heavy atom. The number of nitrogens with two attached hydrogens (primary N) is 1. The van der Waals surface area contributed by atoms with Crippen LogP contribution < -0.4 is 11.1 Å². The van der Waals surface area contributed by atoms with E-state index in [1.165, 1.54) is 6.07 Å². The standard InChI is InChI=1S/C21H25FN2O2S/c22-18-9-5-4-8-16(18)21-10-11-26-19(17(21)14-27-20(23)24-21)13-25-12-15-6-2-1-3-7-15/h1-9,17,19-20,24H,10-14,23H2. The number of ether oxygens (including phenoxy) is 2. The molecular weight excluding hydrogens is 363 g/mol. The van der Waals surface area contributed by atoms with Gasteiger partial charge in [-0.3, -0.25) is 5.32 Å². The van der Waals surface area contributed by atoms with Crippen LogP contribution in [0.3, 0.4) is 0 Å². The summed E-state index contributed by atoms with van der Waals surface area (Å²) in [6, 6.07) is 17.1. The van der Waals surface area contributed by atoms with Gasteiger partial charge in [-0.2, -0.15) is 0 Å². The summed E-state index contributed by atoms with van der Waals surface area (Å²) in [6.07, 6.45) is 0.594. The lowest BCUT2D eigenvalue weighted by molar-refractivity contribution is -0.112. The van der Waals surface area contributed by atoms with Crippen LogP contribution in [0.25, 0.3) is 0 Å². The molecule has 0 bridgehead atoms. The predicted octanol–water partition coefficient (Wildman–Crippen LogP) is 3.22. The van der Waals surface area contributed by atoms with Gasteiger partial charge in [0.15, 0.2) is 0 Å². The molecule has 0 spiro atoms. The van der Waals surface area contributed by atoms with Crippen molar-refractivity contribution in [2.45, 2.75) is 30.2 Å². The summed E-state index contributed by atoms with van der Waals surface area (Å²) in [5.41, 5.74) is 7.27. The number of hydrogen-bond acceptors (Lipinski definition) is 5. The molecule has 144 valence electrons. The van der Waals surface area contributed by atoms with Crippen molar-refractivity contribution < 1.29 is 13.9 Å². The Bertz CT molecular complexity index is 763. The van der Waals surface area contributed by atoms with E-state index in [2.05, 4.69) is 5.32 Å². The summed E-state index contributed by atoms with van der Waals surface area (Å²) in [4.78, 5) is 0. The van der Waals surface area contributed by atoms with E-state index in [4.69, 9.17) is 15.2 Å². The molecular formula is C21H25FN2O2S. The Hall–Kier alpha value is -1.44. The van der Waals surface area contributed by atoms with E-state index in [0.717, 1.165) is 11.3 Å².